The molecule has 0 spiro atoms. The molecule has 2 aromatic carbocycles. The van der Waals surface area contributed by atoms with Crippen LogP contribution in [-0.4, -0.2) is 49.4 Å². The Bertz CT molecular complexity index is 1190. The van der Waals surface area contributed by atoms with Crippen LogP contribution in [0.25, 0.3) is 0 Å². The summed E-state index contributed by atoms with van der Waals surface area (Å²) in [5, 5.41) is 2.89. The summed E-state index contributed by atoms with van der Waals surface area (Å²) in [6, 6.07) is 12.4. The molecule has 0 aromatic heterocycles. The van der Waals surface area contributed by atoms with Gasteiger partial charge in [0.1, 0.15) is 6.54 Å². The monoisotopic (exact) mass is 501 g/mol. The van der Waals surface area contributed by atoms with Crippen LogP contribution in [0.4, 0.5) is 11.4 Å². The number of rotatable bonds is 5. The standard InChI is InChI=1S/C25H31N3O4S2/c1-17-10-12-27(13-11-17)34(31,32)20-8-9-23-22(15-20)28(25(30)14-19(3)33-23)16-24(29)26-21-7-5-4-6-18(21)2/h4-9,15,17,19H,10-14,16H2,1-3H3,(H,26,29). The number of thioether (sulfide) groups is 1. The second-order valence-electron chi connectivity index (χ2n) is 9.19. The summed E-state index contributed by atoms with van der Waals surface area (Å²) < 4.78 is 28.2. The molecule has 2 aromatic rings. The van der Waals surface area contributed by atoms with Crippen LogP contribution in [-0.2, 0) is 19.6 Å². The largest absolute Gasteiger partial charge is 0.324 e. The lowest BCUT2D eigenvalue weighted by atomic mass is 10.0. The summed E-state index contributed by atoms with van der Waals surface area (Å²) in [7, 11) is -3.68. The van der Waals surface area contributed by atoms with E-state index in [4.69, 9.17) is 0 Å². The molecule has 1 unspecified atom stereocenters. The molecular formula is C25H31N3O4S2. The predicted octanol–water partition coefficient (Wildman–Crippen LogP) is 4.27. The van der Waals surface area contributed by atoms with Crippen molar-refractivity contribution < 1.29 is 18.0 Å². The fraction of sp³-hybridized carbons (Fsp3) is 0.440. The van der Waals surface area contributed by atoms with Crippen LogP contribution >= 0.6 is 11.8 Å². The minimum atomic E-state index is -3.68. The molecule has 0 aliphatic carbocycles. The van der Waals surface area contributed by atoms with E-state index in [2.05, 4.69) is 12.2 Å². The maximum absolute atomic E-state index is 13.4. The maximum Gasteiger partial charge on any atom is 0.244 e. The van der Waals surface area contributed by atoms with E-state index in [0.717, 1.165) is 23.3 Å². The maximum atomic E-state index is 13.4. The topological polar surface area (TPSA) is 86.8 Å². The van der Waals surface area contributed by atoms with Gasteiger partial charge >= 0.3 is 0 Å². The van der Waals surface area contributed by atoms with Crippen LogP contribution in [0.15, 0.2) is 52.3 Å². The number of carbonyl (C=O) groups excluding carboxylic acids is 2. The van der Waals surface area contributed by atoms with Gasteiger partial charge in [0.25, 0.3) is 0 Å². The number of amides is 2. The number of para-hydroxylation sites is 1. The zero-order valence-electron chi connectivity index (χ0n) is 19.8. The van der Waals surface area contributed by atoms with E-state index in [9.17, 15) is 18.0 Å². The lowest BCUT2D eigenvalue weighted by molar-refractivity contribution is -0.121. The first-order valence-corrected chi connectivity index (χ1v) is 13.9. The summed E-state index contributed by atoms with van der Waals surface area (Å²) >= 11 is 1.53. The van der Waals surface area contributed by atoms with Gasteiger partial charge in [-0.25, -0.2) is 8.42 Å². The zero-order valence-corrected chi connectivity index (χ0v) is 21.4. The molecule has 2 aliphatic heterocycles. The fourth-order valence-electron chi connectivity index (χ4n) is 4.31. The third kappa shape index (κ3) is 5.31. The molecule has 7 nitrogen and oxygen atoms in total. The van der Waals surface area contributed by atoms with Crippen molar-refractivity contribution >= 4 is 45.0 Å². The van der Waals surface area contributed by atoms with E-state index < -0.39 is 10.0 Å². The predicted molar refractivity (Wildman–Crippen MR) is 136 cm³/mol. The number of carbonyl (C=O) groups is 2. The zero-order chi connectivity index (χ0) is 24.5. The Kier molecular flexibility index (Phi) is 7.35. The number of piperidine rings is 1. The lowest BCUT2D eigenvalue weighted by Crippen LogP contribution is -2.39. The Labute approximate surface area is 205 Å². The van der Waals surface area contributed by atoms with Gasteiger partial charge in [-0.05, 0) is 55.5 Å². The molecule has 1 saturated heterocycles. The summed E-state index contributed by atoms with van der Waals surface area (Å²) in [5.41, 5.74) is 2.09. The molecule has 0 radical (unpaired) electrons. The summed E-state index contributed by atoms with van der Waals surface area (Å²) in [6.07, 6.45) is 1.94. The van der Waals surface area contributed by atoms with Gasteiger partial charge in [0.05, 0.1) is 10.6 Å². The highest BCUT2D eigenvalue weighted by molar-refractivity contribution is 8.00. The van der Waals surface area contributed by atoms with E-state index in [1.54, 1.807) is 18.2 Å². The van der Waals surface area contributed by atoms with Crippen molar-refractivity contribution in [2.75, 3.05) is 29.9 Å². The molecule has 34 heavy (non-hydrogen) atoms. The second-order valence-corrected chi connectivity index (χ2v) is 12.6. The van der Waals surface area contributed by atoms with Crippen LogP contribution in [0.1, 0.15) is 38.7 Å². The van der Waals surface area contributed by atoms with Gasteiger partial charge in [0.15, 0.2) is 0 Å². The van der Waals surface area contributed by atoms with Gasteiger partial charge in [-0.2, -0.15) is 4.31 Å². The number of nitrogens with one attached hydrogen (secondary N) is 1. The third-order valence-corrected chi connectivity index (χ3v) is 9.48. The number of benzene rings is 2. The molecular weight excluding hydrogens is 470 g/mol. The minimum absolute atomic E-state index is 0.0155. The molecule has 2 aliphatic rings. The molecule has 2 heterocycles. The molecule has 0 saturated carbocycles. The number of nitrogens with zero attached hydrogens (tertiary/aromatic N) is 2. The molecule has 2 amide bonds. The van der Waals surface area contributed by atoms with Gasteiger partial charge in [0.2, 0.25) is 21.8 Å². The Morgan fingerprint density at radius 3 is 2.53 bits per heavy atom. The number of fused-ring (bicyclic) bond motifs is 1. The van der Waals surface area contributed by atoms with E-state index in [-0.39, 0.29) is 34.9 Å². The Morgan fingerprint density at radius 1 is 1.12 bits per heavy atom. The molecule has 9 heteroatoms. The minimum Gasteiger partial charge on any atom is -0.324 e. The first kappa shape index (κ1) is 24.8. The average Bonchev–Trinajstić information content (AvgIpc) is 2.90. The van der Waals surface area contributed by atoms with Crippen molar-refractivity contribution in [3.8, 4) is 0 Å². The first-order chi connectivity index (χ1) is 16.1. The van der Waals surface area contributed by atoms with Crippen LogP contribution in [0, 0.1) is 12.8 Å². The molecule has 1 atom stereocenters. The van der Waals surface area contributed by atoms with E-state index >= 15 is 0 Å². The van der Waals surface area contributed by atoms with E-state index in [0.29, 0.717) is 30.4 Å². The van der Waals surface area contributed by atoms with Gasteiger partial charge in [-0.1, -0.05) is 32.0 Å². The Balaban J connectivity index is 1.64. The summed E-state index contributed by atoms with van der Waals surface area (Å²) in [4.78, 5) is 28.4. The van der Waals surface area contributed by atoms with Crippen LogP contribution in [0.5, 0.6) is 0 Å². The quantitative estimate of drug-likeness (QED) is 0.661. The molecule has 0 bridgehead atoms. The molecule has 1 fully saturated rings. The highest BCUT2D eigenvalue weighted by atomic mass is 32.2. The van der Waals surface area contributed by atoms with Crippen LogP contribution in [0.3, 0.4) is 0 Å². The van der Waals surface area contributed by atoms with Crippen molar-refractivity contribution in [2.24, 2.45) is 5.92 Å². The number of sulfonamides is 1. The molecule has 1 N–H and O–H groups in total. The van der Waals surface area contributed by atoms with Crippen molar-refractivity contribution in [2.45, 2.75) is 55.1 Å². The second kappa shape index (κ2) is 10.1. The van der Waals surface area contributed by atoms with E-state index in [1.165, 1.54) is 21.0 Å². The number of hydrogen-bond donors (Lipinski definition) is 1. The van der Waals surface area contributed by atoms with Crippen molar-refractivity contribution in [3.05, 3.63) is 48.0 Å². The highest BCUT2D eigenvalue weighted by Gasteiger charge is 2.32. The van der Waals surface area contributed by atoms with Crippen molar-refractivity contribution in [1.29, 1.82) is 0 Å². The first-order valence-electron chi connectivity index (χ1n) is 11.6. The Hall–Kier alpha value is -2.36. The lowest BCUT2D eigenvalue weighted by Gasteiger charge is -2.30. The Morgan fingerprint density at radius 2 is 1.82 bits per heavy atom. The van der Waals surface area contributed by atoms with Gasteiger partial charge in [-0.3, -0.25) is 9.59 Å². The van der Waals surface area contributed by atoms with Gasteiger partial charge in [0, 0.05) is 35.3 Å². The summed E-state index contributed by atoms with van der Waals surface area (Å²) in [5.74, 6) is -0.0114. The van der Waals surface area contributed by atoms with Crippen molar-refractivity contribution in [3.63, 3.8) is 0 Å². The van der Waals surface area contributed by atoms with Crippen LogP contribution < -0.4 is 10.2 Å². The number of hydrogen-bond acceptors (Lipinski definition) is 5. The smallest absolute Gasteiger partial charge is 0.244 e. The normalized spacial score (nSPS) is 20.0. The van der Waals surface area contributed by atoms with Gasteiger partial charge in [-0.15, -0.1) is 11.8 Å². The van der Waals surface area contributed by atoms with Crippen molar-refractivity contribution in [1.82, 2.24) is 4.31 Å². The third-order valence-electron chi connectivity index (χ3n) is 6.41. The fourth-order valence-corrected chi connectivity index (χ4v) is 6.90. The highest BCUT2D eigenvalue weighted by Crippen LogP contribution is 2.40. The van der Waals surface area contributed by atoms with E-state index in [1.807, 2.05) is 38.1 Å². The number of anilines is 2. The average molecular weight is 502 g/mol. The summed E-state index contributed by atoms with van der Waals surface area (Å²) in [6.45, 7) is 6.80. The molecule has 182 valence electrons. The number of aryl methyl sites for hydroxylation is 1. The SMILES string of the molecule is Cc1ccccc1NC(=O)CN1C(=O)CC(C)Sc2ccc(S(=O)(=O)N3CCC(C)CC3)cc21. The van der Waals surface area contributed by atoms with Crippen LogP contribution in [0.2, 0.25) is 0 Å². The molecule has 4 rings (SSSR count). The van der Waals surface area contributed by atoms with Gasteiger partial charge < -0.3 is 10.2 Å².